The van der Waals surface area contributed by atoms with Crippen molar-refractivity contribution >= 4 is 34.9 Å². The first-order valence-corrected chi connectivity index (χ1v) is 19.4. The van der Waals surface area contributed by atoms with Crippen molar-refractivity contribution in [2.75, 3.05) is 49.7 Å². The molecule has 2 aromatic carbocycles. The van der Waals surface area contributed by atoms with Crippen LogP contribution in [0.4, 0.5) is 24.5 Å². The van der Waals surface area contributed by atoms with E-state index in [4.69, 9.17) is 25.9 Å². The summed E-state index contributed by atoms with van der Waals surface area (Å²) in [6, 6.07) is 9.42. The lowest BCUT2D eigenvalue weighted by Gasteiger charge is -2.56. The summed E-state index contributed by atoms with van der Waals surface area (Å²) in [7, 11) is 1.67. The van der Waals surface area contributed by atoms with Crippen LogP contribution in [0.2, 0.25) is 5.02 Å². The Morgan fingerprint density at radius 2 is 1.76 bits per heavy atom. The molecule has 0 spiro atoms. The van der Waals surface area contributed by atoms with Crippen LogP contribution >= 0.6 is 11.6 Å². The first-order valence-electron chi connectivity index (χ1n) is 19.0. The first-order chi connectivity index (χ1) is 25.9. The van der Waals surface area contributed by atoms with Crippen LogP contribution in [0.25, 0.3) is 0 Å². The third-order valence-corrected chi connectivity index (χ3v) is 13.0. The quantitative estimate of drug-likeness (QED) is 0.251. The highest BCUT2D eigenvalue weighted by atomic mass is 35.5. The van der Waals surface area contributed by atoms with Crippen molar-refractivity contribution in [3.05, 3.63) is 70.3 Å². The van der Waals surface area contributed by atoms with Crippen LogP contribution in [0.15, 0.2) is 54.1 Å². The number of aliphatic hydroxyl groups is 2. The Hall–Kier alpha value is -3.40. The Balaban J connectivity index is 1.07. The summed E-state index contributed by atoms with van der Waals surface area (Å²) >= 11 is 6.46. The topological polar surface area (TPSA) is 124 Å². The summed E-state index contributed by atoms with van der Waals surface area (Å²) < 4.78 is 51.4. The fourth-order valence-electron chi connectivity index (χ4n) is 9.75. The highest BCUT2D eigenvalue weighted by molar-refractivity contribution is 6.33. The normalized spacial score (nSPS) is 34.2. The molecule has 1 unspecified atom stereocenters. The van der Waals surface area contributed by atoms with Crippen LogP contribution in [0.5, 0.6) is 0 Å². The van der Waals surface area contributed by atoms with Crippen LogP contribution in [-0.2, 0) is 35.7 Å². The summed E-state index contributed by atoms with van der Waals surface area (Å²) in [6.45, 7) is 10.7. The number of fused-ring (bicyclic) bond motifs is 4. The Morgan fingerprint density at radius 1 is 1.07 bits per heavy atom. The standard InChI is InChI=1S/C40H50ClF3N4O7/c1-22-19-30-28(23(2)21-47-15-17-48(18-16-47)27-12-10-26(11-13-27)40(42,43)44)14-9-24(3)39(30,52)35(34(22)53-25(4)49)54-36(50)32-20-38(51)29-7-6-8-31(41)33(29)46(5)55-37(38)45-32/h6-8,10-13,19,23-24,28,30,32,34-35,37,45,51-52H,9,14-18,20-21H2,1-5H3/t23?,24-,28+,30-,32+,34-,35+,37-,38-,39-/m1/s1. The van der Waals surface area contributed by atoms with Crippen LogP contribution in [0.1, 0.15) is 58.1 Å². The lowest BCUT2D eigenvalue weighted by atomic mass is 9.55. The molecule has 11 nitrogen and oxygen atoms in total. The predicted molar refractivity (Wildman–Crippen MR) is 199 cm³/mol. The van der Waals surface area contributed by atoms with Crippen molar-refractivity contribution in [2.24, 2.45) is 23.7 Å². The van der Waals surface area contributed by atoms with Gasteiger partial charge in [0.15, 0.2) is 18.4 Å². The van der Waals surface area contributed by atoms with Gasteiger partial charge in [0.25, 0.3) is 0 Å². The Bertz CT molecular complexity index is 1810. The van der Waals surface area contributed by atoms with Crippen LogP contribution in [0, 0.1) is 23.7 Å². The zero-order valence-electron chi connectivity index (χ0n) is 31.7. The van der Waals surface area contributed by atoms with Gasteiger partial charge in [0.1, 0.15) is 17.2 Å². The van der Waals surface area contributed by atoms with Gasteiger partial charge in [-0.3, -0.25) is 29.7 Å². The number of para-hydroxylation sites is 1. The summed E-state index contributed by atoms with van der Waals surface area (Å²) in [5, 5.41) is 29.7. The minimum Gasteiger partial charge on any atom is -0.454 e. The molecule has 0 radical (unpaired) electrons. The van der Waals surface area contributed by atoms with Gasteiger partial charge in [-0.15, -0.1) is 0 Å². The summed E-state index contributed by atoms with van der Waals surface area (Å²) in [6.07, 6.45) is -4.21. The number of halogens is 4. The molecule has 300 valence electrons. The van der Waals surface area contributed by atoms with Gasteiger partial charge in [0.05, 0.1) is 16.3 Å². The van der Waals surface area contributed by atoms with E-state index in [1.54, 1.807) is 25.2 Å². The molecule has 0 bridgehead atoms. The number of carbonyl (C=O) groups excluding carboxylic acids is 2. The molecule has 5 aliphatic rings. The average molecular weight is 791 g/mol. The highest BCUT2D eigenvalue weighted by Gasteiger charge is 2.62. The number of esters is 2. The third-order valence-electron chi connectivity index (χ3n) is 12.7. The van der Waals surface area contributed by atoms with E-state index in [1.807, 2.05) is 19.9 Å². The SMILES string of the molecule is CC(=O)O[C@@H]1C(C)=C[C@@H]2[C@H](C(C)CN3CCN(c4ccc(C(F)(F)F)cc4)CC3)CC[C@@H](C)[C@]2(O)[C@H]1OC(=O)[C@@H]1C[C@@]2(O)c3cccc(Cl)c3N(C)O[C@H]2N1. The van der Waals surface area contributed by atoms with Crippen molar-refractivity contribution < 1.29 is 47.3 Å². The lowest BCUT2D eigenvalue weighted by Crippen LogP contribution is -2.66. The first kappa shape index (κ1) is 39.8. The van der Waals surface area contributed by atoms with Gasteiger partial charge in [-0.25, -0.2) is 0 Å². The fraction of sp³-hybridized carbons (Fsp3) is 0.600. The number of alkyl halides is 3. The molecule has 55 heavy (non-hydrogen) atoms. The second kappa shape index (κ2) is 14.8. The summed E-state index contributed by atoms with van der Waals surface area (Å²) in [5.41, 5.74) is -1.40. The maximum Gasteiger partial charge on any atom is 0.416 e. The Labute approximate surface area is 324 Å². The van der Waals surface area contributed by atoms with E-state index in [-0.39, 0.29) is 24.2 Å². The van der Waals surface area contributed by atoms with Crippen molar-refractivity contribution in [3.63, 3.8) is 0 Å². The van der Waals surface area contributed by atoms with Crippen LogP contribution < -0.4 is 15.3 Å². The molecule has 2 aliphatic carbocycles. The van der Waals surface area contributed by atoms with Gasteiger partial charge in [0, 0.05) is 70.3 Å². The van der Waals surface area contributed by atoms with E-state index in [9.17, 15) is 33.0 Å². The number of benzene rings is 2. The summed E-state index contributed by atoms with van der Waals surface area (Å²) in [5.74, 6) is -1.91. The van der Waals surface area contributed by atoms with Gasteiger partial charge in [-0.1, -0.05) is 43.7 Å². The number of ether oxygens (including phenoxy) is 2. The van der Waals surface area contributed by atoms with Crippen molar-refractivity contribution in [2.45, 2.75) is 88.8 Å². The molecule has 7 rings (SSSR count). The number of rotatable bonds is 7. The van der Waals surface area contributed by atoms with Gasteiger partial charge >= 0.3 is 18.1 Å². The third kappa shape index (κ3) is 7.23. The number of nitrogens with one attached hydrogen (secondary N) is 1. The molecule has 0 amide bonds. The molecule has 3 aliphatic heterocycles. The zero-order valence-corrected chi connectivity index (χ0v) is 32.4. The molecule has 3 heterocycles. The number of carbonyl (C=O) groups is 2. The van der Waals surface area contributed by atoms with E-state index in [0.717, 1.165) is 43.9 Å². The molecular formula is C40H50ClF3N4O7. The highest BCUT2D eigenvalue weighted by Crippen LogP contribution is 2.53. The smallest absolute Gasteiger partial charge is 0.416 e. The fourth-order valence-corrected chi connectivity index (χ4v) is 10.0. The maximum atomic E-state index is 14.2. The Morgan fingerprint density at radius 3 is 2.42 bits per heavy atom. The van der Waals surface area contributed by atoms with Crippen LogP contribution in [0.3, 0.4) is 0 Å². The number of hydroxylamine groups is 1. The molecule has 10 atom stereocenters. The van der Waals surface area contributed by atoms with E-state index in [0.29, 0.717) is 41.4 Å². The largest absolute Gasteiger partial charge is 0.454 e. The number of piperazine rings is 1. The van der Waals surface area contributed by atoms with E-state index in [2.05, 4.69) is 22.0 Å². The molecule has 3 N–H and O–H groups in total. The average Bonchev–Trinajstić information content (AvgIpc) is 3.48. The number of anilines is 2. The predicted octanol–water partition coefficient (Wildman–Crippen LogP) is 5.27. The summed E-state index contributed by atoms with van der Waals surface area (Å²) in [4.78, 5) is 37.0. The van der Waals surface area contributed by atoms with E-state index in [1.165, 1.54) is 24.1 Å². The molecular weight excluding hydrogens is 741 g/mol. The van der Waals surface area contributed by atoms with Gasteiger partial charge < -0.3 is 24.6 Å². The van der Waals surface area contributed by atoms with Crippen molar-refractivity contribution in [3.8, 4) is 0 Å². The second-order valence-electron chi connectivity index (χ2n) is 16.1. The maximum absolute atomic E-state index is 14.2. The minimum absolute atomic E-state index is 0.00180. The van der Waals surface area contributed by atoms with Gasteiger partial charge in [0.2, 0.25) is 0 Å². The second-order valence-corrected chi connectivity index (χ2v) is 16.5. The van der Waals surface area contributed by atoms with Gasteiger partial charge in [-0.05, 0) is 73.4 Å². The molecule has 0 aromatic heterocycles. The van der Waals surface area contributed by atoms with Crippen molar-refractivity contribution in [1.82, 2.24) is 10.2 Å². The van der Waals surface area contributed by atoms with E-state index >= 15 is 0 Å². The lowest BCUT2D eigenvalue weighted by molar-refractivity contribution is -0.225. The molecule has 15 heteroatoms. The monoisotopic (exact) mass is 790 g/mol. The van der Waals surface area contributed by atoms with Crippen molar-refractivity contribution in [1.29, 1.82) is 0 Å². The molecule has 2 saturated heterocycles. The molecule has 2 aromatic rings. The number of nitrogens with zero attached hydrogens (tertiary/aromatic N) is 3. The van der Waals surface area contributed by atoms with E-state index < -0.39 is 65.3 Å². The minimum atomic E-state index is -4.38. The van der Waals surface area contributed by atoms with Gasteiger partial charge in [-0.2, -0.15) is 13.2 Å². The molecule has 3 fully saturated rings. The molecule has 1 saturated carbocycles. The number of hydrogen-bond donors (Lipinski definition) is 3. The van der Waals surface area contributed by atoms with Crippen LogP contribution in [-0.4, -0.2) is 96.9 Å². The zero-order chi connectivity index (χ0) is 39.6. The Kier molecular flexibility index (Phi) is 10.7. The number of hydrogen-bond acceptors (Lipinski definition) is 11.